The van der Waals surface area contributed by atoms with E-state index >= 15 is 0 Å². The van der Waals surface area contributed by atoms with Crippen LogP contribution in [-0.2, 0) is 6.42 Å². The summed E-state index contributed by atoms with van der Waals surface area (Å²) in [7, 11) is 1.64. The summed E-state index contributed by atoms with van der Waals surface area (Å²) >= 11 is 6.10. The van der Waals surface area contributed by atoms with E-state index in [4.69, 9.17) is 21.1 Å². The number of rotatable bonds is 4. The summed E-state index contributed by atoms with van der Waals surface area (Å²) in [5.74, 6) is 1.65. The number of halogens is 1. The van der Waals surface area contributed by atoms with E-state index in [1.54, 1.807) is 12.1 Å². The number of carbonyl (C=O) groups excluding carboxylic acids is 1. The zero-order chi connectivity index (χ0) is 23.9. The van der Waals surface area contributed by atoms with E-state index in [1.165, 1.54) is 0 Å². The topological polar surface area (TPSA) is 62.8 Å². The molecule has 0 saturated carbocycles. The third kappa shape index (κ3) is 4.41. The van der Waals surface area contributed by atoms with Gasteiger partial charge in [0.2, 0.25) is 0 Å². The maximum Gasteiger partial charge on any atom is 0.340 e. The number of nitrogens with one attached hydrogen (secondary N) is 2. The van der Waals surface area contributed by atoms with E-state index in [1.807, 2.05) is 66.7 Å². The van der Waals surface area contributed by atoms with Gasteiger partial charge in [-0.2, -0.15) is 0 Å². The van der Waals surface area contributed by atoms with Crippen LogP contribution in [0.5, 0.6) is 11.5 Å². The molecule has 2 N–H and O–H groups in total. The second kappa shape index (κ2) is 8.61. The minimum Gasteiger partial charge on any atom is -0.497 e. The van der Waals surface area contributed by atoms with Crippen molar-refractivity contribution in [3.8, 4) is 11.5 Å². The van der Waals surface area contributed by atoms with Gasteiger partial charge in [-0.1, -0.05) is 35.9 Å². The summed E-state index contributed by atoms with van der Waals surface area (Å²) in [6.45, 7) is 4.52. The molecule has 2 heterocycles. The number of anilines is 1. The Bertz CT molecular complexity index is 1270. The van der Waals surface area contributed by atoms with Crippen LogP contribution in [0.3, 0.4) is 0 Å². The third-order valence-electron chi connectivity index (χ3n) is 6.00. The first-order valence-electron chi connectivity index (χ1n) is 11.1. The Kier molecular flexibility index (Phi) is 5.62. The first-order chi connectivity index (χ1) is 16.3. The van der Waals surface area contributed by atoms with E-state index < -0.39 is 0 Å². The van der Waals surface area contributed by atoms with Crippen LogP contribution in [0.25, 0.3) is 11.3 Å². The molecular weight excluding hydrogens is 450 g/mol. The SMILES string of the molecule is COc1ccc(C2=C(c3ccc(Cl)cc3)NN(C(=O)Nc3ccc4c(c3)CC(C)(C)O4)C2)cc1. The molecule has 2 aliphatic rings. The second-order valence-corrected chi connectivity index (χ2v) is 9.51. The minimum atomic E-state index is -0.242. The summed E-state index contributed by atoms with van der Waals surface area (Å²) < 4.78 is 11.2. The molecule has 34 heavy (non-hydrogen) atoms. The van der Waals surface area contributed by atoms with Crippen LogP contribution in [-0.4, -0.2) is 30.3 Å². The van der Waals surface area contributed by atoms with Crippen LogP contribution in [0.2, 0.25) is 5.02 Å². The van der Waals surface area contributed by atoms with E-state index in [-0.39, 0.29) is 11.6 Å². The van der Waals surface area contributed by atoms with Crippen LogP contribution < -0.4 is 20.2 Å². The molecule has 174 valence electrons. The number of ether oxygens (including phenoxy) is 2. The predicted octanol–water partition coefficient (Wildman–Crippen LogP) is 5.98. The zero-order valence-electron chi connectivity index (χ0n) is 19.3. The van der Waals surface area contributed by atoms with Gasteiger partial charge in [-0.15, -0.1) is 0 Å². The van der Waals surface area contributed by atoms with Crippen LogP contribution in [0.4, 0.5) is 10.5 Å². The average molecular weight is 476 g/mol. The molecule has 5 rings (SSSR count). The van der Waals surface area contributed by atoms with Crippen molar-refractivity contribution in [1.29, 1.82) is 0 Å². The van der Waals surface area contributed by atoms with Crippen molar-refractivity contribution in [3.05, 3.63) is 88.4 Å². The summed E-state index contributed by atoms with van der Waals surface area (Å²) in [5.41, 5.74) is 8.71. The van der Waals surface area contributed by atoms with Crippen molar-refractivity contribution < 1.29 is 14.3 Å². The fraction of sp³-hybridized carbons (Fsp3) is 0.222. The van der Waals surface area contributed by atoms with Crippen LogP contribution >= 0.6 is 11.6 Å². The molecule has 0 spiro atoms. The smallest absolute Gasteiger partial charge is 0.340 e. The van der Waals surface area contributed by atoms with Gasteiger partial charge in [0.1, 0.15) is 17.1 Å². The second-order valence-electron chi connectivity index (χ2n) is 9.08. The number of carbonyl (C=O) groups is 1. The normalized spacial score (nSPS) is 16.1. The molecule has 3 aromatic carbocycles. The molecular formula is C27H26ClN3O3. The summed E-state index contributed by atoms with van der Waals surface area (Å²) in [6.07, 6.45) is 0.803. The quantitative estimate of drug-likeness (QED) is 0.487. The standard InChI is InChI=1S/C27H26ClN3O3/c1-27(2)15-19-14-21(10-13-24(19)34-27)29-26(32)31-16-23(17-6-11-22(33-3)12-7-17)25(30-31)18-4-8-20(28)9-5-18/h4-14,30H,15-16H2,1-3H3,(H,29,32). The maximum absolute atomic E-state index is 13.2. The molecule has 2 amide bonds. The highest BCUT2D eigenvalue weighted by Gasteiger charge is 2.31. The van der Waals surface area contributed by atoms with Gasteiger partial charge in [0, 0.05) is 28.3 Å². The number of amides is 2. The van der Waals surface area contributed by atoms with E-state index in [0.29, 0.717) is 11.6 Å². The largest absolute Gasteiger partial charge is 0.497 e. The lowest BCUT2D eigenvalue weighted by Crippen LogP contribution is -2.40. The molecule has 7 heteroatoms. The Morgan fingerprint density at radius 3 is 2.47 bits per heavy atom. The first kappa shape index (κ1) is 22.2. The average Bonchev–Trinajstić information content (AvgIpc) is 3.39. The lowest BCUT2D eigenvalue weighted by molar-refractivity contribution is 0.138. The minimum absolute atomic E-state index is 0.230. The van der Waals surface area contributed by atoms with Gasteiger partial charge in [-0.3, -0.25) is 5.43 Å². The maximum atomic E-state index is 13.2. The van der Waals surface area contributed by atoms with Gasteiger partial charge in [0.15, 0.2) is 0 Å². The Hall–Kier alpha value is -3.64. The number of hydrazine groups is 1. The summed E-state index contributed by atoms with van der Waals surface area (Å²) in [5, 5.41) is 5.25. The number of hydrogen-bond acceptors (Lipinski definition) is 4. The monoisotopic (exact) mass is 475 g/mol. The van der Waals surface area contributed by atoms with Crippen LogP contribution in [0, 0.1) is 0 Å². The third-order valence-corrected chi connectivity index (χ3v) is 6.25. The molecule has 0 aromatic heterocycles. The highest BCUT2D eigenvalue weighted by molar-refractivity contribution is 6.30. The van der Waals surface area contributed by atoms with Crippen molar-refractivity contribution in [2.24, 2.45) is 0 Å². The number of methoxy groups -OCH3 is 1. The molecule has 0 atom stereocenters. The van der Waals surface area contributed by atoms with Gasteiger partial charge in [0.05, 0.1) is 19.4 Å². The van der Waals surface area contributed by atoms with Gasteiger partial charge < -0.3 is 14.8 Å². The molecule has 3 aromatic rings. The number of nitrogens with zero attached hydrogens (tertiary/aromatic N) is 1. The van der Waals surface area contributed by atoms with Gasteiger partial charge in [-0.25, -0.2) is 9.80 Å². The Morgan fingerprint density at radius 1 is 1.06 bits per heavy atom. The Labute approximate surface area is 204 Å². The lowest BCUT2D eigenvalue weighted by Gasteiger charge is -2.19. The van der Waals surface area contributed by atoms with Crippen molar-refractivity contribution in [2.75, 3.05) is 19.0 Å². The number of urea groups is 1. The molecule has 0 radical (unpaired) electrons. The number of fused-ring (bicyclic) bond motifs is 1. The van der Waals surface area contributed by atoms with Gasteiger partial charge >= 0.3 is 6.03 Å². The predicted molar refractivity (Wildman–Crippen MR) is 135 cm³/mol. The Balaban J connectivity index is 1.39. The van der Waals surface area contributed by atoms with Crippen molar-refractivity contribution in [3.63, 3.8) is 0 Å². The lowest BCUT2D eigenvalue weighted by atomic mass is 10.0. The number of hydrogen-bond donors (Lipinski definition) is 2. The molecule has 0 saturated heterocycles. The summed E-state index contributed by atoms with van der Waals surface area (Å²) in [4.78, 5) is 13.2. The molecule has 0 aliphatic carbocycles. The molecule has 2 aliphatic heterocycles. The van der Waals surface area contributed by atoms with E-state index in [9.17, 15) is 4.79 Å². The fourth-order valence-electron chi connectivity index (χ4n) is 4.36. The Morgan fingerprint density at radius 2 is 1.76 bits per heavy atom. The highest BCUT2D eigenvalue weighted by Crippen LogP contribution is 2.37. The molecule has 0 unspecified atom stereocenters. The molecule has 0 fully saturated rings. The van der Waals surface area contributed by atoms with Gasteiger partial charge in [0.25, 0.3) is 0 Å². The molecule has 0 bridgehead atoms. The molecule has 6 nitrogen and oxygen atoms in total. The van der Waals surface area contributed by atoms with Crippen molar-refractivity contribution in [1.82, 2.24) is 10.4 Å². The van der Waals surface area contributed by atoms with Crippen LogP contribution in [0.1, 0.15) is 30.5 Å². The van der Waals surface area contributed by atoms with Crippen molar-refractivity contribution in [2.45, 2.75) is 25.9 Å². The van der Waals surface area contributed by atoms with Gasteiger partial charge in [-0.05, 0) is 67.4 Å². The highest BCUT2D eigenvalue weighted by atomic mass is 35.5. The van der Waals surface area contributed by atoms with E-state index in [0.717, 1.165) is 51.6 Å². The van der Waals surface area contributed by atoms with Crippen molar-refractivity contribution >= 4 is 34.6 Å². The number of benzene rings is 3. The van der Waals surface area contributed by atoms with Crippen LogP contribution in [0.15, 0.2) is 66.7 Å². The fourth-order valence-corrected chi connectivity index (χ4v) is 4.49. The summed E-state index contributed by atoms with van der Waals surface area (Å²) in [6, 6.07) is 20.9. The van der Waals surface area contributed by atoms with E-state index in [2.05, 4.69) is 24.6 Å². The first-order valence-corrected chi connectivity index (χ1v) is 11.5. The zero-order valence-corrected chi connectivity index (χ0v) is 20.1.